The SMILES string of the molecule is COc1cc(C)cc(C)c1-c1nc(S)cs1. The first-order valence-corrected chi connectivity index (χ1v) is 6.24. The summed E-state index contributed by atoms with van der Waals surface area (Å²) in [6.07, 6.45) is 0. The monoisotopic (exact) mass is 251 g/mol. The summed E-state index contributed by atoms with van der Waals surface area (Å²) in [5.41, 5.74) is 3.44. The van der Waals surface area contributed by atoms with Gasteiger partial charge in [-0.25, -0.2) is 4.98 Å². The predicted octanol–water partition coefficient (Wildman–Crippen LogP) is 3.72. The molecule has 0 fully saturated rings. The van der Waals surface area contributed by atoms with Crippen molar-refractivity contribution < 1.29 is 4.74 Å². The van der Waals surface area contributed by atoms with Gasteiger partial charge in [-0.15, -0.1) is 24.0 Å². The number of ether oxygens (including phenoxy) is 1. The predicted molar refractivity (Wildman–Crippen MR) is 70.8 cm³/mol. The lowest BCUT2D eigenvalue weighted by atomic mass is 10.0. The maximum absolute atomic E-state index is 5.41. The highest BCUT2D eigenvalue weighted by atomic mass is 32.1. The topological polar surface area (TPSA) is 22.1 Å². The van der Waals surface area contributed by atoms with Crippen molar-refractivity contribution in [2.24, 2.45) is 0 Å². The smallest absolute Gasteiger partial charge is 0.129 e. The normalized spacial score (nSPS) is 10.5. The largest absolute Gasteiger partial charge is 0.496 e. The Balaban J connectivity index is 2.63. The van der Waals surface area contributed by atoms with E-state index >= 15 is 0 Å². The van der Waals surface area contributed by atoms with E-state index in [0.717, 1.165) is 21.3 Å². The van der Waals surface area contributed by atoms with Crippen molar-refractivity contribution in [3.63, 3.8) is 0 Å². The van der Waals surface area contributed by atoms with E-state index in [2.05, 4.69) is 37.5 Å². The lowest BCUT2D eigenvalue weighted by Gasteiger charge is -2.10. The van der Waals surface area contributed by atoms with Crippen LogP contribution in [0.15, 0.2) is 22.5 Å². The summed E-state index contributed by atoms with van der Waals surface area (Å²) in [5, 5.41) is 3.64. The van der Waals surface area contributed by atoms with Gasteiger partial charge in [0.1, 0.15) is 15.8 Å². The summed E-state index contributed by atoms with van der Waals surface area (Å²) in [4.78, 5) is 4.38. The molecule has 0 unspecified atom stereocenters. The maximum atomic E-state index is 5.41. The fourth-order valence-corrected chi connectivity index (χ4v) is 2.87. The van der Waals surface area contributed by atoms with E-state index in [1.807, 2.05) is 11.4 Å². The van der Waals surface area contributed by atoms with E-state index < -0.39 is 0 Å². The minimum atomic E-state index is 0.752. The van der Waals surface area contributed by atoms with Gasteiger partial charge in [0.2, 0.25) is 0 Å². The zero-order valence-corrected chi connectivity index (χ0v) is 11.2. The Kier molecular flexibility index (Phi) is 3.21. The Bertz CT molecular complexity index is 520. The second kappa shape index (κ2) is 4.47. The molecule has 0 atom stereocenters. The van der Waals surface area contributed by atoms with Gasteiger partial charge >= 0.3 is 0 Å². The highest BCUT2D eigenvalue weighted by Gasteiger charge is 2.13. The van der Waals surface area contributed by atoms with Gasteiger partial charge in [0.15, 0.2) is 0 Å². The van der Waals surface area contributed by atoms with Crippen LogP contribution in [0.1, 0.15) is 11.1 Å². The van der Waals surface area contributed by atoms with Gasteiger partial charge in [-0.05, 0) is 31.0 Å². The van der Waals surface area contributed by atoms with Gasteiger partial charge < -0.3 is 4.74 Å². The van der Waals surface area contributed by atoms with Crippen molar-refractivity contribution in [3.8, 4) is 16.3 Å². The number of thiol groups is 1. The maximum Gasteiger partial charge on any atom is 0.129 e. The molecule has 4 heteroatoms. The summed E-state index contributed by atoms with van der Waals surface area (Å²) >= 11 is 5.82. The van der Waals surface area contributed by atoms with E-state index in [9.17, 15) is 0 Å². The third-order valence-electron chi connectivity index (χ3n) is 2.37. The average molecular weight is 251 g/mol. The van der Waals surface area contributed by atoms with Crippen LogP contribution in [-0.4, -0.2) is 12.1 Å². The number of benzene rings is 1. The molecule has 1 aromatic carbocycles. The third kappa shape index (κ3) is 2.08. The second-order valence-corrected chi connectivity index (χ2v) is 4.99. The molecule has 0 amide bonds. The molecular formula is C12H13NOS2. The summed E-state index contributed by atoms with van der Waals surface area (Å²) in [5.74, 6) is 0.875. The van der Waals surface area contributed by atoms with Gasteiger partial charge in [-0.2, -0.15) is 0 Å². The molecule has 2 rings (SSSR count). The van der Waals surface area contributed by atoms with E-state index in [1.54, 1.807) is 18.4 Å². The highest BCUT2D eigenvalue weighted by molar-refractivity contribution is 7.80. The molecule has 16 heavy (non-hydrogen) atoms. The molecule has 1 heterocycles. The molecule has 2 nitrogen and oxygen atoms in total. The minimum absolute atomic E-state index is 0.752. The molecule has 0 aliphatic rings. The number of aromatic nitrogens is 1. The fourth-order valence-electron chi connectivity index (χ4n) is 1.74. The number of thiazole rings is 1. The lowest BCUT2D eigenvalue weighted by Crippen LogP contribution is -1.92. The summed E-state index contributed by atoms with van der Waals surface area (Å²) in [6.45, 7) is 4.13. The molecule has 0 N–H and O–H groups in total. The molecule has 84 valence electrons. The Hall–Kier alpha value is -1.000. The van der Waals surface area contributed by atoms with Crippen LogP contribution >= 0.6 is 24.0 Å². The van der Waals surface area contributed by atoms with Crippen molar-refractivity contribution in [3.05, 3.63) is 28.6 Å². The number of methoxy groups -OCH3 is 1. The first kappa shape index (κ1) is 11.5. The summed E-state index contributed by atoms with van der Waals surface area (Å²) < 4.78 is 5.41. The Morgan fingerprint density at radius 3 is 2.62 bits per heavy atom. The zero-order chi connectivity index (χ0) is 11.7. The standard InChI is InChI=1S/C12H13NOS2/c1-7-4-8(2)11(9(5-7)14-3)12-13-10(15)6-16-12/h4-6,15H,1-3H3. The van der Waals surface area contributed by atoms with Gasteiger partial charge in [0, 0.05) is 5.38 Å². The average Bonchev–Trinajstić information content (AvgIpc) is 2.63. The number of hydrogen-bond donors (Lipinski definition) is 1. The van der Waals surface area contributed by atoms with Crippen molar-refractivity contribution in [2.75, 3.05) is 7.11 Å². The fraction of sp³-hybridized carbons (Fsp3) is 0.250. The van der Waals surface area contributed by atoms with Crippen LogP contribution in [0.5, 0.6) is 5.75 Å². The first-order valence-electron chi connectivity index (χ1n) is 4.92. The number of aryl methyl sites for hydroxylation is 2. The molecule has 0 saturated heterocycles. The van der Waals surface area contributed by atoms with Crippen molar-refractivity contribution >= 4 is 24.0 Å². The minimum Gasteiger partial charge on any atom is -0.496 e. The Morgan fingerprint density at radius 1 is 1.31 bits per heavy atom. The Morgan fingerprint density at radius 2 is 2.06 bits per heavy atom. The van der Waals surface area contributed by atoms with Crippen molar-refractivity contribution in [2.45, 2.75) is 18.9 Å². The molecule has 0 radical (unpaired) electrons. The lowest BCUT2D eigenvalue weighted by molar-refractivity contribution is 0.416. The van der Waals surface area contributed by atoms with Gasteiger partial charge in [0.05, 0.1) is 12.7 Å². The Labute approximate surface area is 105 Å². The van der Waals surface area contributed by atoms with Crippen LogP contribution in [0.3, 0.4) is 0 Å². The van der Waals surface area contributed by atoms with Crippen LogP contribution < -0.4 is 4.74 Å². The summed E-state index contributed by atoms with van der Waals surface area (Å²) in [7, 11) is 1.69. The van der Waals surface area contributed by atoms with Gasteiger partial charge in [0.25, 0.3) is 0 Å². The van der Waals surface area contributed by atoms with Crippen LogP contribution in [0.25, 0.3) is 10.6 Å². The van der Waals surface area contributed by atoms with Crippen molar-refractivity contribution in [1.82, 2.24) is 4.98 Å². The van der Waals surface area contributed by atoms with Gasteiger partial charge in [-0.3, -0.25) is 0 Å². The number of hydrogen-bond acceptors (Lipinski definition) is 4. The van der Waals surface area contributed by atoms with Crippen LogP contribution in [0.4, 0.5) is 0 Å². The van der Waals surface area contributed by atoms with E-state index in [1.165, 1.54) is 11.1 Å². The molecule has 0 aliphatic heterocycles. The van der Waals surface area contributed by atoms with Gasteiger partial charge in [-0.1, -0.05) is 6.07 Å². The number of rotatable bonds is 2. The third-order valence-corrected chi connectivity index (χ3v) is 3.63. The summed E-state index contributed by atoms with van der Waals surface area (Å²) in [6, 6.07) is 4.17. The molecule has 0 bridgehead atoms. The van der Waals surface area contributed by atoms with E-state index in [-0.39, 0.29) is 0 Å². The molecule has 0 aliphatic carbocycles. The quantitative estimate of drug-likeness (QED) is 0.822. The highest BCUT2D eigenvalue weighted by Crippen LogP contribution is 2.36. The van der Waals surface area contributed by atoms with Crippen LogP contribution in [0, 0.1) is 13.8 Å². The molecule has 0 saturated carbocycles. The van der Waals surface area contributed by atoms with Crippen LogP contribution in [0.2, 0.25) is 0 Å². The van der Waals surface area contributed by atoms with Crippen molar-refractivity contribution in [1.29, 1.82) is 0 Å². The van der Waals surface area contributed by atoms with Crippen LogP contribution in [-0.2, 0) is 0 Å². The molecule has 0 spiro atoms. The molecule has 1 aromatic heterocycles. The number of nitrogens with zero attached hydrogens (tertiary/aromatic N) is 1. The van der Waals surface area contributed by atoms with E-state index in [4.69, 9.17) is 4.74 Å². The van der Waals surface area contributed by atoms with E-state index in [0.29, 0.717) is 0 Å². The zero-order valence-electron chi connectivity index (χ0n) is 9.44. The first-order chi connectivity index (χ1) is 7.61. The molecular weight excluding hydrogens is 238 g/mol. The second-order valence-electron chi connectivity index (χ2n) is 3.67. The molecule has 2 aromatic rings.